The smallest absolute Gasteiger partial charge is 0.324 e. The highest BCUT2D eigenvalue weighted by molar-refractivity contribution is 5.97. The van der Waals surface area contributed by atoms with Crippen LogP contribution in [0.1, 0.15) is 57.7 Å². The van der Waals surface area contributed by atoms with E-state index >= 15 is 0 Å². The molecule has 1 aromatic carbocycles. The van der Waals surface area contributed by atoms with Gasteiger partial charge in [0.05, 0.1) is 0 Å². The van der Waals surface area contributed by atoms with Crippen molar-refractivity contribution in [2.24, 2.45) is 5.92 Å². The Morgan fingerprint density at radius 3 is 2.12 bits per heavy atom. The third-order valence-corrected chi connectivity index (χ3v) is 4.71. The van der Waals surface area contributed by atoms with Crippen LogP contribution in [0.5, 0.6) is 0 Å². The number of nitrogens with zero attached hydrogens (tertiary/aromatic N) is 1. The molecule has 2 rings (SSSR count). The third kappa shape index (κ3) is 4.15. The summed E-state index contributed by atoms with van der Waals surface area (Å²) in [6.07, 6.45) is 0. The number of carbonyl (C=O) groups is 2. The molecular formula is C19H30N3O2+. The SMILES string of the molecule is CC(C)c1ccc([C@@H]([NH2+][C@@H](C)C(=O)N2CCNC2=O)C(C)C)cc1. The Balaban J connectivity index is 2.10. The molecule has 1 aromatic rings. The molecule has 1 saturated heterocycles. The lowest BCUT2D eigenvalue weighted by Gasteiger charge is -2.25. The first-order valence-corrected chi connectivity index (χ1v) is 8.85. The molecule has 1 aliphatic heterocycles. The van der Waals surface area contributed by atoms with E-state index in [0.717, 1.165) is 0 Å². The van der Waals surface area contributed by atoms with Crippen LogP contribution >= 0.6 is 0 Å². The summed E-state index contributed by atoms with van der Waals surface area (Å²) >= 11 is 0. The Bertz CT molecular complexity index is 581. The van der Waals surface area contributed by atoms with E-state index in [0.29, 0.717) is 24.9 Å². The Morgan fingerprint density at radius 1 is 1.08 bits per heavy atom. The Hall–Kier alpha value is -1.88. The first-order chi connectivity index (χ1) is 11.3. The van der Waals surface area contributed by atoms with Crippen molar-refractivity contribution in [3.8, 4) is 0 Å². The number of amides is 3. The van der Waals surface area contributed by atoms with Crippen molar-refractivity contribution in [2.75, 3.05) is 13.1 Å². The first-order valence-electron chi connectivity index (χ1n) is 8.85. The molecule has 0 aromatic heterocycles. The minimum absolute atomic E-state index is 0.116. The summed E-state index contributed by atoms with van der Waals surface area (Å²) in [7, 11) is 0. The molecular weight excluding hydrogens is 302 g/mol. The summed E-state index contributed by atoms with van der Waals surface area (Å²) in [6.45, 7) is 11.6. The zero-order chi connectivity index (χ0) is 17.9. The van der Waals surface area contributed by atoms with Gasteiger partial charge in [-0.25, -0.2) is 4.79 Å². The summed E-state index contributed by atoms with van der Waals surface area (Å²) in [5.41, 5.74) is 2.54. The molecule has 0 unspecified atom stereocenters. The number of nitrogens with one attached hydrogen (secondary N) is 1. The van der Waals surface area contributed by atoms with E-state index in [4.69, 9.17) is 0 Å². The fourth-order valence-electron chi connectivity index (χ4n) is 3.14. The molecule has 1 aliphatic rings. The van der Waals surface area contributed by atoms with Crippen molar-refractivity contribution >= 4 is 11.9 Å². The molecule has 0 bridgehead atoms. The zero-order valence-electron chi connectivity index (χ0n) is 15.4. The maximum atomic E-state index is 12.5. The fraction of sp³-hybridized carbons (Fsp3) is 0.579. The van der Waals surface area contributed by atoms with Gasteiger partial charge in [-0.1, -0.05) is 52.0 Å². The molecule has 5 heteroatoms. The molecule has 0 radical (unpaired) electrons. The minimum Gasteiger partial charge on any atom is -0.336 e. The highest BCUT2D eigenvalue weighted by atomic mass is 16.2. The summed E-state index contributed by atoms with van der Waals surface area (Å²) in [6, 6.07) is 8.30. The second-order valence-corrected chi connectivity index (χ2v) is 7.29. The molecule has 2 atom stereocenters. The van der Waals surface area contributed by atoms with E-state index in [1.165, 1.54) is 16.0 Å². The molecule has 0 saturated carbocycles. The monoisotopic (exact) mass is 332 g/mol. The van der Waals surface area contributed by atoms with Crippen molar-refractivity contribution in [1.29, 1.82) is 0 Å². The van der Waals surface area contributed by atoms with Crippen LogP contribution in [0.2, 0.25) is 0 Å². The van der Waals surface area contributed by atoms with Crippen molar-refractivity contribution in [1.82, 2.24) is 10.2 Å². The summed E-state index contributed by atoms with van der Waals surface area (Å²) in [4.78, 5) is 25.5. The van der Waals surface area contributed by atoms with Crippen LogP contribution in [-0.2, 0) is 4.79 Å². The van der Waals surface area contributed by atoms with Crippen LogP contribution in [-0.4, -0.2) is 36.0 Å². The normalized spacial score (nSPS) is 17.3. The average molecular weight is 332 g/mol. The van der Waals surface area contributed by atoms with Crippen molar-refractivity contribution in [2.45, 2.75) is 52.6 Å². The number of nitrogens with two attached hydrogens (primary N) is 1. The van der Waals surface area contributed by atoms with E-state index in [9.17, 15) is 9.59 Å². The van der Waals surface area contributed by atoms with E-state index in [2.05, 4.69) is 62.6 Å². The molecule has 3 N–H and O–H groups in total. The number of hydrogen-bond donors (Lipinski definition) is 2. The van der Waals surface area contributed by atoms with Gasteiger partial charge in [-0.15, -0.1) is 0 Å². The second kappa shape index (κ2) is 7.79. The zero-order valence-corrected chi connectivity index (χ0v) is 15.4. The molecule has 0 spiro atoms. The number of hydrogen-bond acceptors (Lipinski definition) is 2. The highest BCUT2D eigenvalue weighted by Gasteiger charge is 2.34. The van der Waals surface area contributed by atoms with Gasteiger partial charge in [0.15, 0.2) is 6.04 Å². The minimum atomic E-state index is -0.286. The molecule has 0 aliphatic carbocycles. The van der Waals surface area contributed by atoms with Gasteiger partial charge in [-0.05, 0) is 18.4 Å². The van der Waals surface area contributed by atoms with Crippen molar-refractivity contribution in [3.05, 3.63) is 35.4 Å². The molecule has 24 heavy (non-hydrogen) atoms. The molecule has 3 amide bonds. The van der Waals surface area contributed by atoms with Crippen LogP contribution in [0.4, 0.5) is 4.79 Å². The van der Waals surface area contributed by atoms with Crippen LogP contribution in [0, 0.1) is 5.92 Å². The van der Waals surface area contributed by atoms with Crippen LogP contribution in [0.3, 0.4) is 0 Å². The lowest BCUT2D eigenvalue weighted by molar-refractivity contribution is -0.719. The maximum absolute atomic E-state index is 12.5. The van der Waals surface area contributed by atoms with Gasteiger partial charge < -0.3 is 10.6 Å². The van der Waals surface area contributed by atoms with Gasteiger partial charge in [0, 0.05) is 24.6 Å². The predicted octanol–water partition coefficient (Wildman–Crippen LogP) is 2.01. The van der Waals surface area contributed by atoms with Gasteiger partial charge >= 0.3 is 6.03 Å². The van der Waals surface area contributed by atoms with Crippen LogP contribution in [0.25, 0.3) is 0 Å². The van der Waals surface area contributed by atoms with Crippen LogP contribution in [0.15, 0.2) is 24.3 Å². The topological polar surface area (TPSA) is 66.0 Å². The lowest BCUT2D eigenvalue weighted by atomic mass is 9.93. The third-order valence-electron chi connectivity index (χ3n) is 4.71. The summed E-state index contributed by atoms with van der Waals surface area (Å²) in [5, 5.41) is 4.77. The van der Waals surface area contributed by atoms with E-state index in [1.54, 1.807) is 0 Å². The van der Waals surface area contributed by atoms with Gasteiger partial charge in [-0.2, -0.15) is 0 Å². The number of urea groups is 1. The fourth-order valence-corrected chi connectivity index (χ4v) is 3.14. The first kappa shape index (κ1) is 18.5. The number of rotatable bonds is 6. The van der Waals surface area contributed by atoms with Gasteiger partial charge in [-0.3, -0.25) is 9.69 Å². The number of carbonyl (C=O) groups excluding carboxylic acids is 2. The average Bonchev–Trinajstić information content (AvgIpc) is 2.97. The maximum Gasteiger partial charge on any atom is 0.324 e. The van der Waals surface area contributed by atoms with Gasteiger partial charge in [0.25, 0.3) is 5.91 Å². The molecule has 5 nitrogen and oxygen atoms in total. The van der Waals surface area contributed by atoms with E-state index < -0.39 is 0 Å². The molecule has 1 fully saturated rings. The number of benzene rings is 1. The molecule has 1 heterocycles. The van der Waals surface area contributed by atoms with Gasteiger partial charge in [0.1, 0.15) is 6.04 Å². The van der Waals surface area contributed by atoms with Crippen molar-refractivity contribution < 1.29 is 14.9 Å². The second-order valence-electron chi connectivity index (χ2n) is 7.29. The molecule has 132 valence electrons. The van der Waals surface area contributed by atoms with E-state index in [-0.39, 0.29) is 24.0 Å². The lowest BCUT2D eigenvalue weighted by Crippen LogP contribution is -2.93. The number of imide groups is 1. The quantitative estimate of drug-likeness (QED) is 0.837. The summed E-state index contributed by atoms with van der Waals surface area (Å²) in [5.74, 6) is 0.779. The van der Waals surface area contributed by atoms with Crippen LogP contribution < -0.4 is 10.6 Å². The Morgan fingerprint density at radius 2 is 1.67 bits per heavy atom. The Kier molecular flexibility index (Phi) is 5.99. The summed E-state index contributed by atoms with van der Waals surface area (Å²) < 4.78 is 0. The largest absolute Gasteiger partial charge is 0.336 e. The Labute approximate surface area is 144 Å². The standard InChI is InChI=1S/C19H29N3O2/c1-12(2)15-6-8-16(9-7-15)17(13(3)4)21-14(5)18(23)22-11-10-20-19(22)24/h6-9,12-14,17,21H,10-11H2,1-5H3,(H,20,24)/p+1/t14-,17-/m0/s1. The number of quaternary nitrogens is 1. The highest BCUT2D eigenvalue weighted by Crippen LogP contribution is 2.21. The van der Waals surface area contributed by atoms with Crippen molar-refractivity contribution in [3.63, 3.8) is 0 Å². The van der Waals surface area contributed by atoms with Gasteiger partial charge in [0.2, 0.25) is 0 Å². The predicted molar refractivity (Wildman–Crippen MR) is 94.6 cm³/mol. The van der Waals surface area contributed by atoms with E-state index in [1.807, 2.05) is 6.92 Å².